The van der Waals surface area contributed by atoms with Crippen LogP contribution in [0.5, 0.6) is 0 Å². The van der Waals surface area contributed by atoms with Crippen LogP contribution in [-0.2, 0) is 11.3 Å². The lowest BCUT2D eigenvalue weighted by Gasteiger charge is -2.33. The van der Waals surface area contributed by atoms with Crippen molar-refractivity contribution in [2.24, 2.45) is 5.92 Å². The highest BCUT2D eigenvalue weighted by molar-refractivity contribution is 5.76. The summed E-state index contributed by atoms with van der Waals surface area (Å²) in [5.74, 6) is 2.58. The van der Waals surface area contributed by atoms with Crippen molar-refractivity contribution in [3.05, 3.63) is 48.3 Å². The summed E-state index contributed by atoms with van der Waals surface area (Å²) in [4.78, 5) is 23.6. The standard InChI is InChI=1S/C22H30N4O/c27-21(8-7-18-4-1-2-5-18)25-14-3-6-20(17-25)22-24-13-15-26(22)16-19-9-11-23-12-10-19/h9-13,15,18,20H,1-8,14,16-17H2/t20-/m1/s1. The van der Waals surface area contributed by atoms with E-state index in [1.807, 2.05) is 30.7 Å². The molecule has 2 fully saturated rings. The van der Waals surface area contributed by atoms with Crippen molar-refractivity contribution < 1.29 is 4.79 Å². The molecule has 0 aromatic carbocycles. The molecule has 5 nitrogen and oxygen atoms in total. The van der Waals surface area contributed by atoms with Gasteiger partial charge in [0.25, 0.3) is 0 Å². The zero-order valence-corrected chi connectivity index (χ0v) is 16.1. The molecule has 1 atom stereocenters. The molecule has 5 heteroatoms. The van der Waals surface area contributed by atoms with Gasteiger partial charge in [0.15, 0.2) is 0 Å². The highest BCUT2D eigenvalue weighted by Crippen LogP contribution is 2.30. The van der Waals surface area contributed by atoms with Crippen LogP contribution in [0.4, 0.5) is 0 Å². The summed E-state index contributed by atoms with van der Waals surface area (Å²) in [5, 5.41) is 0. The van der Waals surface area contributed by atoms with Gasteiger partial charge in [-0.15, -0.1) is 0 Å². The number of pyridine rings is 1. The molecule has 2 aromatic rings. The van der Waals surface area contributed by atoms with Crippen molar-refractivity contribution in [1.82, 2.24) is 19.4 Å². The maximum absolute atomic E-state index is 12.7. The number of hydrogen-bond acceptors (Lipinski definition) is 3. The second-order valence-corrected chi connectivity index (χ2v) is 8.14. The minimum absolute atomic E-state index is 0.339. The quantitative estimate of drug-likeness (QED) is 0.776. The first-order valence-electron chi connectivity index (χ1n) is 10.5. The summed E-state index contributed by atoms with van der Waals surface area (Å²) in [6, 6.07) is 4.09. The third kappa shape index (κ3) is 4.57. The van der Waals surface area contributed by atoms with E-state index in [2.05, 4.69) is 25.6 Å². The normalized spacial score (nSPS) is 20.9. The van der Waals surface area contributed by atoms with Crippen molar-refractivity contribution in [2.45, 2.75) is 63.8 Å². The Labute approximate surface area is 161 Å². The lowest BCUT2D eigenvalue weighted by Crippen LogP contribution is -2.39. The van der Waals surface area contributed by atoms with Gasteiger partial charge in [-0.2, -0.15) is 0 Å². The van der Waals surface area contributed by atoms with Gasteiger partial charge in [-0.05, 0) is 42.9 Å². The Kier molecular flexibility index (Phi) is 5.85. The molecule has 27 heavy (non-hydrogen) atoms. The highest BCUT2D eigenvalue weighted by Gasteiger charge is 2.28. The van der Waals surface area contributed by atoms with Crippen LogP contribution in [0.25, 0.3) is 0 Å². The summed E-state index contributed by atoms with van der Waals surface area (Å²) in [6.07, 6.45) is 16.9. The van der Waals surface area contributed by atoms with E-state index in [0.29, 0.717) is 11.8 Å². The van der Waals surface area contributed by atoms with Crippen LogP contribution in [0.3, 0.4) is 0 Å². The predicted octanol–water partition coefficient (Wildman–Crippen LogP) is 4.00. The molecule has 0 N–H and O–H groups in total. The Hall–Kier alpha value is -2.17. The number of carbonyl (C=O) groups excluding carboxylic acids is 1. The van der Waals surface area contributed by atoms with E-state index in [4.69, 9.17) is 0 Å². The van der Waals surface area contributed by atoms with Gasteiger partial charge < -0.3 is 9.47 Å². The predicted molar refractivity (Wildman–Crippen MR) is 105 cm³/mol. The van der Waals surface area contributed by atoms with E-state index >= 15 is 0 Å². The summed E-state index contributed by atoms with van der Waals surface area (Å²) in [5.41, 5.74) is 1.23. The van der Waals surface area contributed by atoms with E-state index in [9.17, 15) is 4.79 Å². The van der Waals surface area contributed by atoms with Crippen molar-refractivity contribution in [3.63, 3.8) is 0 Å². The lowest BCUT2D eigenvalue weighted by atomic mass is 9.95. The molecule has 1 saturated heterocycles. The van der Waals surface area contributed by atoms with Crippen LogP contribution in [-0.4, -0.2) is 38.4 Å². The number of likely N-dealkylation sites (tertiary alicyclic amines) is 1. The Balaban J connectivity index is 1.37. The number of rotatable bonds is 6. The Bertz CT molecular complexity index is 736. The number of aromatic nitrogens is 3. The number of hydrogen-bond donors (Lipinski definition) is 0. The second kappa shape index (κ2) is 8.68. The average molecular weight is 367 g/mol. The smallest absolute Gasteiger partial charge is 0.222 e. The monoisotopic (exact) mass is 366 g/mol. The first-order valence-corrected chi connectivity index (χ1v) is 10.5. The number of amides is 1. The van der Waals surface area contributed by atoms with Crippen LogP contribution in [0.1, 0.15) is 68.7 Å². The summed E-state index contributed by atoms with van der Waals surface area (Å²) < 4.78 is 2.23. The van der Waals surface area contributed by atoms with Gasteiger partial charge in [0.1, 0.15) is 5.82 Å². The molecule has 0 spiro atoms. The van der Waals surface area contributed by atoms with Gasteiger partial charge >= 0.3 is 0 Å². The number of imidazole rings is 1. The molecule has 0 radical (unpaired) electrons. The van der Waals surface area contributed by atoms with Crippen LogP contribution >= 0.6 is 0 Å². The molecule has 1 amide bonds. The second-order valence-electron chi connectivity index (χ2n) is 8.14. The van der Waals surface area contributed by atoms with Gasteiger partial charge in [-0.1, -0.05) is 25.7 Å². The van der Waals surface area contributed by atoms with Crippen molar-refractivity contribution in [1.29, 1.82) is 0 Å². The average Bonchev–Trinajstić information content (AvgIpc) is 3.39. The summed E-state index contributed by atoms with van der Waals surface area (Å²) in [7, 11) is 0. The van der Waals surface area contributed by atoms with E-state index < -0.39 is 0 Å². The van der Waals surface area contributed by atoms with Crippen molar-refractivity contribution in [2.75, 3.05) is 13.1 Å². The lowest BCUT2D eigenvalue weighted by molar-refractivity contribution is -0.132. The van der Waals surface area contributed by atoms with Crippen LogP contribution < -0.4 is 0 Å². The van der Waals surface area contributed by atoms with Gasteiger partial charge in [0.2, 0.25) is 5.91 Å². The van der Waals surface area contributed by atoms with E-state index in [0.717, 1.165) is 57.1 Å². The zero-order chi connectivity index (χ0) is 18.5. The van der Waals surface area contributed by atoms with Crippen LogP contribution in [0, 0.1) is 5.92 Å². The molecule has 3 heterocycles. The van der Waals surface area contributed by atoms with Gasteiger partial charge in [-0.3, -0.25) is 9.78 Å². The van der Waals surface area contributed by atoms with Gasteiger partial charge in [0.05, 0.1) is 0 Å². The molecule has 0 bridgehead atoms. The topological polar surface area (TPSA) is 51.0 Å². The minimum atomic E-state index is 0.339. The Morgan fingerprint density at radius 3 is 2.70 bits per heavy atom. The zero-order valence-electron chi connectivity index (χ0n) is 16.1. The molecule has 2 aliphatic rings. The Morgan fingerprint density at radius 1 is 1.07 bits per heavy atom. The molecular formula is C22H30N4O. The third-order valence-corrected chi connectivity index (χ3v) is 6.23. The van der Waals surface area contributed by atoms with E-state index in [-0.39, 0.29) is 0 Å². The molecular weight excluding hydrogens is 336 g/mol. The third-order valence-electron chi connectivity index (χ3n) is 6.23. The molecule has 2 aromatic heterocycles. The maximum Gasteiger partial charge on any atom is 0.222 e. The maximum atomic E-state index is 12.7. The van der Waals surface area contributed by atoms with Gasteiger partial charge in [0, 0.05) is 56.8 Å². The fourth-order valence-electron chi connectivity index (χ4n) is 4.70. The van der Waals surface area contributed by atoms with Crippen LogP contribution in [0.15, 0.2) is 36.9 Å². The molecule has 0 unspecified atom stereocenters. The van der Waals surface area contributed by atoms with Crippen molar-refractivity contribution >= 4 is 5.91 Å². The van der Waals surface area contributed by atoms with E-state index in [1.165, 1.54) is 31.2 Å². The van der Waals surface area contributed by atoms with Gasteiger partial charge in [-0.25, -0.2) is 4.98 Å². The SMILES string of the molecule is O=C(CCC1CCCC1)N1CCC[C@@H](c2nccn2Cc2ccncc2)C1. The number of piperidine rings is 1. The highest BCUT2D eigenvalue weighted by atomic mass is 16.2. The fourth-order valence-corrected chi connectivity index (χ4v) is 4.70. The van der Waals surface area contributed by atoms with E-state index in [1.54, 1.807) is 0 Å². The fraction of sp³-hybridized carbons (Fsp3) is 0.591. The molecule has 1 aliphatic heterocycles. The first-order chi connectivity index (χ1) is 13.3. The minimum Gasteiger partial charge on any atom is -0.342 e. The summed E-state index contributed by atoms with van der Waals surface area (Å²) >= 11 is 0. The Morgan fingerprint density at radius 2 is 1.89 bits per heavy atom. The molecule has 1 aliphatic carbocycles. The molecule has 144 valence electrons. The first kappa shape index (κ1) is 18.2. The number of carbonyl (C=O) groups is 1. The molecule has 4 rings (SSSR count). The summed E-state index contributed by atoms with van der Waals surface area (Å²) in [6.45, 7) is 2.53. The van der Waals surface area contributed by atoms with Crippen LogP contribution in [0.2, 0.25) is 0 Å². The molecule has 1 saturated carbocycles. The van der Waals surface area contributed by atoms with Crippen molar-refractivity contribution in [3.8, 4) is 0 Å². The largest absolute Gasteiger partial charge is 0.342 e. The number of nitrogens with zero attached hydrogens (tertiary/aromatic N) is 4.